The first-order valence-corrected chi connectivity index (χ1v) is 8.36. The highest BCUT2D eigenvalue weighted by atomic mass is 32.2. The molecule has 7 heteroatoms. The standard InChI is InChI=1S/C17H12FNO4S/c18-15-8-7-14(10-16(15)24(21,22)23)19-17(20)13-6-5-11-3-1-2-4-12(11)9-13/h1-10H,(H,19,20)(H,21,22,23). The normalized spacial score (nSPS) is 11.4. The van der Waals surface area contributed by atoms with E-state index in [4.69, 9.17) is 4.55 Å². The molecule has 0 aliphatic carbocycles. The number of nitrogens with one attached hydrogen (secondary N) is 1. The monoisotopic (exact) mass is 345 g/mol. The molecule has 0 heterocycles. The zero-order chi connectivity index (χ0) is 17.3. The average Bonchev–Trinajstić information content (AvgIpc) is 2.55. The number of halogens is 1. The van der Waals surface area contributed by atoms with Crippen molar-refractivity contribution in [3.8, 4) is 0 Å². The van der Waals surface area contributed by atoms with E-state index < -0.39 is 26.7 Å². The van der Waals surface area contributed by atoms with Gasteiger partial charge in [-0.25, -0.2) is 4.39 Å². The lowest BCUT2D eigenvalue weighted by Crippen LogP contribution is -2.12. The molecule has 3 rings (SSSR count). The number of carbonyl (C=O) groups excluding carboxylic acids is 1. The number of amides is 1. The van der Waals surface area contributed by atoms with E-state index in [9.17, 15) is 17.6 Å². The molecule has 0 unspecified atom stereocenters. The Kier molecular flexibility index (Phi) is 4.04. The van der Waals surface area contributed by atoms with Gasteiger partial charge < -0.3 is 5.32 Å². The van der Waals surface area contributed by atoms with Gasteiger partial charge in [0.05, 0.1) is 0 Å². The van der Waals surface area contributed by atoms with Crippen LogP contribution in [0.4, 0.5) is 10.1 Å². The highest BCUT2D eigenvalue weighted by molar-refractivity contribution is 7.85. The molecular weight excluding hydrogens is 333 g/mol. The summed E-state index contributed by atoms with van der Waals surface area (Å²) in [6.07, 6.45) is 0. The van der Waals surface area contributed by atoms with Gasteiger partial charge in [-0.1, -0.05) is 30.3 Å². The quantitative estimate of drug-likeness (QED) is 0.712. The van der Waals surface area contributed by atoms with Gasteiger partial charge in [-0.2, -0.15) is 8.42 Å². The summed E-state index contributed by atoms with van der Waals surface area (Å²) in [5.41, 5.74) is 0.425. The molecule has 2 N–H and O–H groups in total. The van der Waals surface area contributed by atoms with Crippen molar-refractivity contribution in [2.75, 3.05) is 5.32 Å². The van der Waals surface area contributed by atoms with Crippen LogP contribution in [0.15, 0.2) is 65.6 Å². The average molecular weight is 345 g/mol. The highest BCUT2D eigenvalue weighted by Crippen LogP contribution is 2.21. The van der Waals surface area contributed by atoms with Crippen LogP contribution in [-0.4, -0.2) is 18.9 Å². The van der Waals surface area contributed by atoms with Gasteiger partial charge in [0, 0.05) is 11.3 Å². The zero-order valence-electron chi connectivity index (χ0n) is 12.2. The first-order chi connectivity index (χ1) is 11.3. The molecule has 0 fully saturated rings. The van der Waals surface area contributed by atoms with Gasteiger partial charge in [0.2, 0.25) is 0 Å². The highest BCUT2D eigenvalue weighted by Gasteiger charge is 2.17. The maximum absolute atomic E-state index is 13.4. The van der Waals surface area contributed by atoms with E-state index in [-0.39, 0.29) is 5.69 Å². The molecule has 0 saturated carbocycles. The lowest BCUT2D eigenvalue weighted by atomic mass is 10.1. The molecule has 0 radical (unpaired) electrons. The largest absolute Gasteiger partial charge is 0.322 e. The van der Waals surface area contributed by atoms with Crippen molar-refractivity contribution in [2.45, 2.75) is 4.90 Å². The Morgan fingerprint density at radius 2 is 1.67 bits per heavy atom. The van der Waals surface area contributed by atoms with E-state index >= 15 is 0 Å². The number of fused-ring (bicyclic) bond motifs is 1. The molecule has 0 aliphatic rings. The Morgan fingerprint density at radius 3 is 2.38 bits per heavy atom. The van der Waals surface area contributed by atoms with Crippen molar-refractivity contribution in [1.29, 1.82) is 0 Å². The van der Waals surface area contributed by atoms with E-state index in [0.29, 0.717) is 5.56 Å². The van der Waals surface area contributed by atoms with Crippen molar-refractivity contribution in [3.63, 3.8) is 0 Å². The van der Waals surface area contributed by atoms with E-state index in [1.807, 2.05) is 24.3 Å². The summed E-state index contributed by atoms with van der Waals surface area (Å²) >= 11 is 0. The van der Waals surface area contributed by atoms with Crippen LogP contribution in [0.5, 0.6) is 0 Å². The Hall–Kier alpha value is -2.77. The first kappa shape index (κ1) is 16.1. The molecule has 5 nitrogen and oxygen atoms in total. The topological polar surface area (TPSA) is 83.5 Å². The van der Waals surface area contributed by atoms with E-state index in [1.54, 1.807) is 18.2 Å². The number of hydrogen-bond donors (Lipinski definition) is 2. The fraction of sp³-hybridized carbons (Fsp3) is 0. The SMILES string of the molecule is O=C(Nc1ccc(F)c(S(=O)(=O)O)c1)c1ccc2ccccc2c1. The minimum atomic E-state index is -4.71. The van der Waals surface area contributed by atoms with Crippen molar-refractivity contribution in [1.82, 2.24) is 0 Å². The summed E-state index contributed by atoms with van der Waals surface area (Å²) in [6.45, 7) is 0. The Labute approximate surface area is 137 Å². The molecule has 1 amide bonds. The molecule has 3 aromatic rings. The molecule has 0 spiro atoms. The van der Waals surface area contributed by atoms with Crippen LogP contribution in [0, 0.1) is 5.82 Å². The predicted molar refractivity (Wildman–Crippen MR) is 88.1 cm³/mol. The van der Waals surface area contributed by atoms with E-state index in [0.717, 1.165) is 22.9 Å². The van der Waals surface area contributed by atoms with Gasteiger partial charge in [-0.3, -0.25) is 9.35 Å². The molecule has 122 valence electrons. The van der Waals surface area contributed by atoms with Crippen LogP contribution in [0.2, 0.25) is 0 Å². The number of hydrogen-bond acceptors (Lipinski definition) is 3. The van der Waals surface area contributed by atoms with Gasteiger partial charge in [-0.15, -0.1) is 0 Å². The molecule has 0 aliphatic heterocycles. The van der Waals surface area contributed by atoms with Crippen LogP contribution in [0.25, 0.3) is 10.8 Å². The van der Waals surface area contributed by atoms with Crippen molar-refractivity contribution >= 4 is 32.5 Å². The molecule has 0 atom stereocenters. The maximum atomic E-state index is 13.4. The molecule has 24 heavy (non-hydrogen) atoms. The first-order valence-electron chi connectivity index (χ1n) is 6.92. The van der Waals surface area contributed by atoms with Crippen LogP contribution >= 0.6 is 0 Å². The lowest BCUT2D eigenvalue weighted by Gasteiger charge is -2.08. The summed E-state index contributed by atoms with van der Waals surface area (Å²) in [6, 6.07) is 15.6. The number of benzene rings is 3. The fourth-order valence-electron chi connectivity index (χ4n) is 2.31. The van der Waals surface area contributed by atoms with Gasteiger partial charge in [0.25, 0.3) is 16.0 Å². The van der Waals surface area contributed by atoms with Crippen molar-refractivity contribution in [3.05, 3.63) is 72.0 Å². The van der Waals surface area contributed by atoms with Crippen molar-refractivity contribution in [2.24, 2.45) is 0 Å². The van der Waals surface area contributed by atoms with Gasteiger partial charge >= 0.3 is 0 Å². The third-order valence-electron chi connectivity index (χ3n) is 3.48. The number of rotatable bonds is 3. The summed E-state index contributed by atoms with van der Waals surface area (Å²) in [7, 11) is -4.71. The van der Waals surface area contributed by atoms with Crippen LogP contribution in [0.1, 0.15) is 10.4 Å². The third-order valence-corrected chi connectivity index (χ3v) is 4.35. The Bertz CT molecular complexity index is 1050. The zero-order valence-corrected chi connectivity index (χ0v) is 13.0. The maximum Gasteiger partial charge on any atom is 0.297 e. The second-order valence-electron chi connectivity index (χ2n) is 5.14. The number of carbonyl (C=O) groups is 1. The minimum Gasteiger partial charge on any atom is -0.322 e. The molecule has 0 bridgehead atoms. The van der Waals surface area contributed by atoms with Crippen LogP contribution < -0.4 is 5.32 Å². The lowest BCUT2D eigenvalue weighted by molar-refractivity contribution is 0.102. The summed E-state index contributed by atoms with van der Waals surface area (Å²) in [4.78, 5) is 11.4. The fourth-order valence-corrected chi connectivity index (χ4v) is 2.90. The third kappa shape index (κ3) is 3.27. The molecule has 0 saturated heterocycles. The predicted octanol–water partition coefficient (Wildman–Crippen LogP) is 3.48. The Morgan fingerprint density at radius 1 is 0.958 bits per heavy atom. The van der Waals surface area contributed by atoms with Gasteiger partial charge in [0.15, 0.2) is 0 Å². The van der Waals surface area contributed by atoms with E-state index in [1.165, 1.54) is 6.07 Å². The second kappa shape index (κ2) is 6.03. The Balaban J connectivity index is 1.91. The minimum absolute atomic E-state index is 0.0576. The molecular formula is C17H12FNO4S. The number of anilines is 1. The smallest absolute Gasteiger partial charge is 0.297 e. The van der Waals surface area contributed by atoms with Gasteiger partial charge in [-0.05, 0) is 41.1 Å². The van der Waals surface area contributed by atoms with Crippen LogP contribution in [-0.2, 0) is 10.1 Å². The molecule has 0 aromatic heterocycles. The summed E-state index contributed by atoms with van der Waals surface area (Å²) < 4.78 is 44.7. The van der Waals surface area contributed by atoms with E-state index in [2.05, 4.69) is 5.32 Å². The van der Waals surface area contributed by atoms with Crippen LogP contribution in [0.3, 0.4) is 0 Å². The van der Waals surface area contributed by atoms with Crippen molar-refractivity contribution < 1.29 is 22.2 Å². The summed E-state index contributed by atoms with van der Waals surface area (Å²) in [5, 5.41) is 4.34. The second-order valence-corrected chi connectivity index (χ2v) is 6.53. The summed E-state index contributed by atoms with van der Waals surface area (Å²) in [5.74, 6) is -1.57. The molecule has 3 aromatic carbocycles. The van der Waals surface area contributed by atoms with Gasteiger partial charge in [0.1, 0.15) is 10.7 Å².